The summed E-state index contributed by atoms with van der Waals surface area (Å²) in [7, 11) is 1.61. The molecule has 0 bridgehead atoms. The molecule has 4 heterocycles. The number of anilines is 1. The number of rotatable bonds is 1. The van der Waals surface area contributed by atoms with E-state index in [-0.39, 0.29) is 5.69 Å². The van der Waals surface area contributed by atoms with Crippen LogP contribution in [0.4, 0.5) is 5.82 Å². The standard InChI is InChI=1S/C16H15N7O/c1-10-8-23-15(20-21(2)16(23)24)19-14(10)22-4-3-13-12(9-22)5-11(6-17)7-18-13/h5,7-8H,3-4,9H2,1-2H3. The molecule has 120 valence electrons. The van der Waals surface area contributed by atoms with E-state index in [0.29, 0.717) is 17.9 Å². The Labute approximate surface area is 137 Å². The number of aromatic nitrogens is 5. The van der Waals surface area contributed by atoms with Crippen LogP contribution < -0.4 is 10.6 Å². The number of nitriles is 1. The molecule has 0 amide bonds. The van der Waals surface area contributed by atoms with Crippen LogP contribution in [0, 0.1) is 18.3 Å². The number of pyridine rings is 1. The molecule has 24 heavy (non-hydrogen) atoms. The minimum atomic E-state index is -0.209. The smallest absolute Gasteiger partial charge is 0.351 e. The van der Waals surface area contributed by atoms with Crippen LogP contribution in [0.15, 0.2) is 23.3 Å². The van der Waals surface area contributed by atoms with E-state index in [4.69, 9.17) is 5.26 Å². The normalized spacial score (nSPS) is 13.8. The molecule has 0 atom stereocenters. The fraction of sp³-hybridized carbons (Fsp3) is 0.312. The lowest BCUT2D eigenvalue weighted by Gasteiger charge is -2.30. The van der Waals surface area contributed by atoms with Crippen LogP contribution in [0.2, 0.25) is 0 Å². The van der Waals surface area contributed by atoms with Crippen molar-refractivity contribution in [3.05, 3.63) is 51.3 Å². The highest BCUT2D eigenvalue weighted by atomic mass is 16.2. The molecule has 0 spiro atoms. The highest BCUT2D eigenvalue weighted by Gasteiger charge is 2.21. The van der Waals surface area contributed by atoms with Crippen molar-refractivity contribution < 1.29 is 0 Å². The highest BCUT2D eigenvalue weighted by molar-refractivity contribution is 5.52. The molecule has 4 rings (SSSR count). The SMILES string of the molecule is Cc1cn2c(=O)n(C)nc2nc1N1CCc2ncc(C#N)cc2C1. The topological polar surface area (TPSA) is 92.1 Å². The molecule has 0 saturated carbocycles. The number of hydrogen-bond acceptors (Lipinski definition) is 6. The van der Waals surface area contributed by atoms with Gasteiger partial charge in [-0.2, -0.15) is 10.2 Å². The molecule has 0 N–H and O–H groups in total. The van der Waals surface area contributed by atoms with Crippen molar-refractivity contribution in [3.63, 3.8) is 0 Å². The number of nitrogens with zero attached hydrogens (tertiary/aromatic N) is 7. The summed E-state index contributed by atoms with van der Waals surface area (Å²) < 4.78 is 2.73. The van der Waals surface area contributed by atoms with Crippen molar-refractivity contribution in [2.24, 2.45) is 7.05 Å². The average Bonchev–Trinajstić information content (AvgIpc) is 2.87. The van der Waals surface area contributed by atoms with Crippen molar-refractivity contribution in [1.82, 2.24) is 24.1 Å². The average molecular weight is 321 g/mol. The molecule has 0 fully saturated rings. The van der Waals surface area contributed by atoms with Gasteiger partial charge in [0.25, 0.3) is 5.78 Å². The van der Waals surface area contributed by atoms with Gasteiger partial charge in [-0.3, -0.25) is 4.98 Å². The van der Waals surface area contributed by atoms with Gasteiger partial charge in [-0.25, -0.2) is 13.9 Å². The first kappa shape index (κ1) is 14.4. The van der Waals surface area contributed by atoms with Crippen molar-refractivity contribution >= 4 is 11.6 Å². The van der Waals surface area contributed by atoms with Crippen molar-refractivity contribution in [3.8, 4) is 6.07 Å². The molecule has 0 unspecified atom stereocenters. The first-order valence-electron chi connectivity index (χ1n) is 7.62. The van der Waals surface area contributed by atoms with Gasteiger partial charge in [0.15, 0.2) is 0 Å². The van der Waals surface area contributed by atoms with Gasteiger partial charge in [-0.05, 0) is 18.6 Å². The van der Waals surface area contributed by atoms with Gasteiger partial charge in [0, 0.05) is 50.2 Å². The van der Waals surface area contributed by atoms with E-state index in [1.807, 2.05) is 13.0 Å². The van der Waals surface area contributed by atoms with Crippen LogP contribution in [-0.4, -0.2) is 30.7 Å². The molecule has 0 saturated heterocycles. The fourth-order valence-corrected chi connectivity index (χ4v) is 3.08. The summed E-state index contributed by atoms with van der Waals surface area (Å²) in [6.07, 6.45) is 4.18. The summed E-state index contributed by atoms with van der Waals surface area (Å²) >= 11 is 0. The Hall–Kier alpha value is -3.21. The zero-order valence-electron chi connectivity index (χ0n) is 13.4. The van der Waals surface area contributed by atoms with Crippen molar-refractivity contribution in [2.75, 3.05) is 11.4 Å². The molecule has 3 aromatic rings. The minimum Gasteiger partial charge on any atom is -0.351 e. The maximum atomic E-state index is 12.0. The van der Waals surface area contributed by atoms with Gasteiger partial charge in [-0.15, -0.1) is 5.10 Å². The van der Waals surface area contributed by atoms with Gasteiger partial charge in [0.1, 0.15) is 11.9 Å². The Kier molecular flexibility index (Phi) is 3.09. The molecule has 3 aromatic heterocycles. The molecular weight excluding hydrogens is 306 g/mol. The summed E-state index contributed by atoms with van der Waals surface area (Å²) in [4.78, 5) is 23.1. The highest BCUT2D eigenvalue weighted by Crippen LogP contribution is 2.25. The Morgan fingerprint density at radius 1 is 1.38 bits per heavy atom. The first-order valence-corrected chi connectivity index (χ1v) is 7.62. The van der Waals surface area contributed by atoms with E-state index in [9.17, 15) is 4.79 Å². The van der Waals surface area contributed by atoms with E-state index in [1.54, 1.807) is 19.4 Å². The van der Waals surface area contributed by atoms with Gasteiger partial charge in [-0.1, -0.05) is 0 Å². The molecule has 0 aromatic carbocycles. The van der Waals surface area contributed by atoms with Crippen LogP contribution in [0.25, 0.3) is 5.78 Å². The van der Waals surface area contributed by atoms with E-state index >= 15 is 0 Å². The maximum absolute atomic E-state index is 12.0. The van der Waals surface area contributed by atoms with Crippen molar-refractivity contribution in [1.29, 1.82) is 5.26 Å². The zero-order valence-corrected chi connectivity index (χ0v) is 13.4. The van der Waals surface area contributed by atoms with Crippen LogP contribution in [-0.2, 0) is 20.0 Å². The second kappa shape index (κ2) is 5.16. The van der Waals surface area contributed by atoms with Gasteiger partial charge in [0.05, 0.1) is 5.56 Å². The lowest BCUT2D eigenvalue weighted by Crippen LogP contribution is -2.32. The molecule has 8 heteroatoms. The summed E-state index contributed by atoms with van der Waals surface area (Å²) in [6.45, 7) is 3.35. The Balaban J connectivity index is 1.77. The second-order valence-corrected chi connectivity index (χ2v) is 5.94. The second-order valence-electron chi connectivity index (χ2n) is 5.94. The van der Waals surface area contributed by atoms with E-state index < -0.39 is 0 Å². The van der Waals surface area contributed by atoms with Crippen LogP contribution in [0.3, 0.4) is 0 Å². The third-order valence-corrected chi connectivity index (χ3v) is 4.29. The largest absolute Gasteiger partial charge is 0.351 e. The Morgan fingerprint density at radius 3 is 3.00 bits per heavy atom. The predicted molar refractivity (Wildman–Crippen MR) is 86.7 cm³/mol. The lowest BCUT2D eigenvalue weighted by molar-refractivity contribution is 0.699. The number of fused-ring (bicyclic) bond motifs is 2. The summed E-state index contributed by atoms with van der Waals surface area (Å²) in [6, 6.07) is 4.01. The number of hydrogen-bond donors (Lipinski definition) is 0. The Morgan fingerprint density at radius 2 is 2.21 bits per heavy atom. The zero-order chi connectivity index (χ0) is 16.8. The molecule has 1 aliphatic rings. The van der Waals surface area contributed by atoms with Crippen LogP contribution >= 0.6 is 0 Å². The monoisotopic (exact) mass is 321 g/mol. The number of aryl methyl sites for hydroxylation is 2. The minimum absolute atomic E-state index is 0.209. The van der Waals surface area contributed by atoms with Gasteiger partial charge < -0.3 is 4.90 Å². The van der Waals surface area contributed by atoms with Gasteiger partial charge >= 0.3 is 5.69 Å². The lowest BCUT2D eigenvalue weighted by atomic mass is 10.0. The molecule has 0 radical (unpaired) electrons. The third-order valence-electron chi connectivity index (χ3n) is 4.29. The molecule has 0 aliphatic carbocycles. The summed E-state index contributed by atoms with van der Waals surface area (Å²) in [5.74, 6) is 1.19. The Bertz CT molecular complexity index is 1060. The first-order chi connectivity index (χ1) is 11.6. The predicted octanol–water partition coefficient (Wildman–Crippen LogP) is 0.566. The maximum Gasteiger partial charge on any atom is 0.351 e. The summed E-state index contributed by atoms with van der Waals surface area (Å²) in [5, 5.41) is 13.2. The van der Waals surface area contributed by atoms with E-state index in [2.05, 4.69) is 26.0 Å². The van der Waals surface area contributed by atoms with E-state index in [1.165, 1.54) is 9.08 Å². The van der Waals surface area contributed by atoms with Gasteiger partial charge in [0.2, 0.25) is 0 Å². The third kappa shape index (κ3) is 2.13. The molecular formula is C16H15N7O. The van der Waals surface area contributed by atoms with E-state index in [0.717, 1.165) is 35.6 Å². The molecule has 1 aliphatic heterocycles. The quantitative estimate of drug-likeness (QED) is 0.650. The van der Waals surface area contributed by atoms with Crippen LogP contribution in [0.5, 0.6) is 0 Å². The summed E-state index contributed by atoms with van der Waals surface area (Å²) in [5.41, 5.74) is 3.33. The fourth-order valence-electron chi connectivity index (χ4n) is 3.08. The van der Waals surface area contributed by atoms with Crippen LogP contribution in [0.1, 0.15) is 22.4 Å². The van der Waals surface area contributed by atoms with Crippen molar-refractivity contribution in [2.45, 2.75) is 19.9 Å². The molecule has 8 nitrogen and oxygen atoms in total.